The third kappa shape index (κ3) is 2.62. The Balaban J connectivity index is 2.83. The number of hydrogen-bond acceptors (Lipinski definition) is 3. The van der Waals surface area contributed by atoms with Crippen LogP contribution in [0.25, 0.3) is 6.08 Å². The molecule has 0 bridgehead atoms. The van der Waals surface area contributed by atoms with Gasteiger partial charge in [-0.2, -0.15) is 0 Å². The molecule has 74 valence electrons. The fourth-order valence-electron chi connectivity index (χ4n) is 0.994. The summed E-state index contributed by atoms with van der Waals surface area (Å²) >= 11 is 0. The Labute approximate surface area is 83.4 Å². The highest BCUT2D eigenvalue weighted by Crippen LogP contribution is 2.14. The largest absolute Gasteiger partial charge is 0.497 e. The van der Waals surface area contributed by atoms with E-state index in [1.807, 2.05) is 13.0 Å². The maximum absolute atomic E-state index is 9.35. The number of hydrogen-bond donors (Lipinski definition) is 1. The van der Waals surface area contributed by atoms with Gasteiger partial charge in [0, 0.05) is 11.8 Å². The molecule has 3 heteroatoms. The topological polar surface area (TPSA) is 42.4 Å². The minimum Gasteiger partial charge on any atom is -0.497 e. The maximum atomic E-state index is 9.35. The summed E-state index contributed by atoms with van der Waals surface area (Å²) in [5.74, 6) is 0.767. The average Bonchev–Trinajstić information content (AvgIpc) is 2.22. The van der Waals surface area contributed by atoms with E-state index >= 15 is 0 Å². The van der Waals surface area contributed by atoms with Crippen LogP contribution in [-0.4, -0.2) is 17.2 Å². The monoisotopic (exact) mass is 191 g/mol. The molecule has 0 fully saturated rings. The van der Waals surface area contributed by atoms with Gasteiger partial charge in [0.25, 0.3) is 0 Å². The predicted molar refractivity (Wildman–Crippen MR) is 55.7 cm³/mol. The molecule has 0 aliphatic heterocycles. The summed E-state index contributed by atoms with van der Waals surface area (Å²) in [5, 5.41) is 9.35. The molecule has 1 aromatic rings. The highest BCUT2D eigenvalue weighted by molar-refractivity contribution is 5.56. The third-order valence-corrected chi connectivity index (χ3v) is 1.76. The number of ether oxygens (including phenoxy) is 1. The molecule has 0 saturated carbocycles. The standard InChI is InChI=1S/C11H13NO2/c1-3-10(14-2)7-6-9-5-4-8-12-11(9)13/h3-8H,1-2H3,(H,12,13)/b7-6-,10-3+. The van der Waals surface area contributed by atoms with Crippen LogP contribution in [0.4, 0.5) is 0 Å². The lowest BCUT2D eigenvalue weighted by Crippen LogP contribution is -1.81. The summed E-state index contributed by atoms with van der Waals surface area (Å²) in [6.45, 7) is 1.88. The first kappa shape index (κ1) is 10.3. The SMILES string of the molecule is C/C=C(\C=C/c1cccnc1O)OC. The lowest BCUT2D eigenvalue weighted by Gasteiger charge is -1.99. The van der Waals surface area contributed by atoms with Crippen molar-refractivity contribution in [1.82, 2.24) is 4.98 Å². The number of aromatic hydroxyl groups is 1. The average molecular weight is 191 g/mol. The summed E-state index contributed by atoms with van der Waals surface area (Å²) in [5.41, 5.74) is 0.670. The van der Waals surface area contributed by atoms with Crippen LogP contribution in [0.15, 0.2) is 36.2 Å². The number of allylic oxidation sites excluding steroid dienone is 2. The van der Waals surface area contributed by atoms with Crippen molar-refractivity contribution in [1.29, 1.82) is 0 Å². The summed E-state index contributed by atoms with van der Waals surface area (Å²) in [4.78, 5) is 3.75. The van der Waals surface area contributed by atoms with Crippen molar-refractivity contribution in [2.24, 2.45) is 0 Å². The summed E-state index contributed by atoms with van der Waals surface area (Å²) in [6, 6.07) is 3.54. The Morgan fingerprint density at radius 3 is 2.93 bits per heavy atom. The quantitative estimate of drug-likeness (QED) is 0.589. The minimum absolute atomic E-state index is 0.0234. The Morgan fingerprint density at radius 1 is 1.57 bits per heavy atom. The molecule has 3 nitrogen and oxygen atoms in total. The van der Waals surface area contributed by atoms with E-state index in [9.17, 15) is 5.11 Å². The first-order valence-corrected chi connectivity index (χ1v) is 4.30. The summed E-state index contributed by atoms with van der Waals surface area (Å²) in [6.07, 6.45) is 6.90. The zero-order valence-corrected chi connectivity index (χ0v) is 8.27. The Morgan fingerprint density at radius 2 is 2.36 bits per heavy atom. The van der Waals surface area contributed by atoms with Crippen LogP contribution in [-0.2, 0) is 4.74 Å². The van der Waals surface area contributed by atoms with E-state index < -0.39 is 0 Å². The second kappa shape index (κ2) is 5.07. The van der Waals surface area contributed by atoms with E-state index in [1.54, 1.807) is 37.6 Å². The van der Waals surface area contributed by atoms with Gasteiger partial charge >= 0.3 is 0 Å². The highest BCUT2D eigenvalue weighted by atomic mass is 16.5. The van der Waals surface area contributed by atoms with Crippen LogP contribution in [0.1, 0.15) is 12.5 Å². The Kier molecular flexibility index (Phi) is 3.73. The summed E-state index contributed by atoms with van der Waals surface area (Å²) < 4.78 is 5.03. The van der Waals surface area contributed by atoms with Gasteiger partial charge in [-0.1, -0.05) is 0 Å². The molecule has 0 aliphatic carbocycles. The molecule has 0 aliphatic rings. The van der Waals surface area contributed by atoms with Crippen molar-refractivity contribution >= 4 is 6.08 Å². The van der Waals surface area contributed by atoms with Crippen molar-refractivity contribution < 1.29 is 9.84 Å². The van der Waals surface area contributed by atoms with Crippen LogP contribution in [0.5, 0.6) is 5.88 Å². The number of aromatic nitrogens is 1. The van der Waals surface area contributed by atoms with E-state index in [2.05, 4.69) is 4.98 Å². The lowest BCUT2D eigenvalue weighted by atomic mass is 10.2. The van der Waals surface area contributed by atoms with Crippen LogP contribution in [0.2, 0.25) is 0 Å². The predicted octanol–water partition coefficient (Wildman–Crippen LogP) is 2.35. The van der Waals surface area contributed by atoms with Gasteiger partial charge in [-0.15, -0.1) is 0 Å². The number of rotatable bonds is 3. The second-order valence-electron chi connectivity index (χ2n) is 2.64. The molecule has 1 rings (SSSR count). The van der Waals surface area contributed by atoms with Crippen molar-refractivity contribution in [3.63, 3.8) is 0 Å². The van der Waals surface area contributed by atoms with Gasteiger partial charge in [0.1, 0.15) is 5.76 Å². The zero-order valence-electron chi connectivity index (χ0n) is 8.27. The number of pyridine rings is 1. The second-order valence-corrected chi connectivity index (χ2v) is 2.64. The number of nitrogens with zero attached hydrogens (tertiary/aromatic N) is 1. The first-order chi connectivity index (χ1) is 6.77. The van der Waals surface area contributed by atoms with Crippen molar-refractivity contribution in [3.05, 3.63) is 41.8 Å². The van der Waals surface area contributed by atoms with Gasteiger partial charge in [-0.05, 0) is 37.3 Å². The molecular formula is C11H13NO2. The molecular weight excluding hydrogens is 178 g/mol. The molecule has 14 heavy (non-hydrogen) atoms. The van der Waals surface area contributed by atoms with Crippen LogP contribution >= 0.6 is 0 Å². The molecule has 0 radical (unpaired) electrons. The zero-order chi connectivity index (χ0) is 10.4. The van der Waals surface area contributed by atoms with Crippen LogP contribution < -0.4 is 0 Å². The molecule has 0 spiro atoms. The van der Waals surface area contributed by atoms with Gasteiger partial charge < -0.3 is 9.84 Å². The fourth-order valence-corrected chi connectivity index (χ4v) is 0.994. The summed E-state index contributed by atoms with van der Waals surface area (Å²) in [7, 11) is 1.60. The first-order valence-electron chi connectivity index (χ1n) is 4.30. The maximum Gasteiger partial charge on any atom is 0.218 e. The molecule has 1 aromatic heterocycles. The van der Waals surface area contributed by atoms with Crippen LogP contribution in [0, 0.1) is 0 Å². The number of methoxy groups -OCH3 is 1. The third-order valence-electron chi connectivity index (χ3n) is 1.76. The minimum atomic E-state index is 0.0234. The van der Waals surface area contributed by atoms with Crippen LogP contribution in [0.3, 0.4) is 0 Å². The van der Waals surface area contributed by atoms with Crippen molar-refractivity contribution in [2.75, 3.05) is 7.11 Å². The molecule has 0 unspecified atom stereocenters. The van der Waals surface area contributed by atoms with Crippen molar-refractivity contribution in [2.45, 2.75) is 6.92 Å². The van der Waals surface area contributed by atoms with Crippen molar-refractivity contribution in [3.8, 4) is 5.88 Å². The smallest absolute Gasteiger partial charge is 0.218 e. The molecule has 1 N–H and O–H groups in total. The fraction of sp³-hybridized carbons (Fsp3) is 0.182. The molecule has 1 heterocycles. The van der Waals surface area contributed by atoms with E-state index in [-0.39, 0.29) is 5.88 Å². The van der Waals surface area contributed by atoms with E-state index in [0.29, 0.717) is 5.56 Å². The van der Waals surface area contributed by atoms with Gasteiger partial charge in [0.15, 0.2) is 0 Å². The molecule has 0 saturated heterocycles. The molecule has 0 aromatic carbocycles. The molecule has 0 atom stereocenters. The Bertz CT molecular complexity index is 356. The Hall–Kier alpha value is -1.77. The van der Waals surface area contributed by atoms with Gasteiger partial charge in [0.05, 0.1) is 7.11 Å². The lowest BCUT2D eigenvalue weighted by molar-refractivity contribution is 0.306. The molecule has 0 amide bonds. The van der Waals surface area contributed by atoms with E-state index in [4.69, 9.17) is 4.74 Å². The normalized spacial score (nSPS) is 12.0. The van der Waals surface area contributed by atoms with Gasteiger partial charge in [0.2, 0.25) is 5.88 Å². The highest BCUT2D eigenvalue weighted by Gasteiger charge is 1.95. The van der Waals surface area contributed by atoms with E-state index in [0.717, 1.165) is 5.76 Å². The van der Waals surface area contributed by atoms with Gasteiger partial charge in [-0.25, -0.2) is 4.98 Å². The van der Waals surface area contributed by atoms with Gasteiger partial charge in [-0.3, -0.25) is 0 Å². The van der Waals surface area contributed by atoms with E-state index in [1.165, 1.54) is 0 Å².